The van der Waals surface area contributed by atoms with Crippen molar-refractivity contribution in [1.29, 1.82) is 5.26 Å². The predicted octanol–water partition coefficient (Wildman–Crippen LogP) is 3.86. The van der Waals surface area contributed by atoms with Crippen molar-refractivity contribution in [3.63, 3.8) is 0 Å². The molecule has 0 aromatic heterocycles. The standard InChI is InChI=1S/C14H10FNOS/c1-17-12-4-2-3-5-14(12)18-13-7-6-10(9-16)8-11(13)15/h2-8H,1H3. The summed E-state index contributed by atoms with van der Waals surface area (Å²) in [4.78, 5) is 1.31. The molecule has 0 N–H and O–H groups in total. The zero-order valence-electron chi connectivity index (χ0n) is 9.68. The van der Waals surface area contributed by atoms with Gasteiger partial charge in [-0.25, -0.2) is 4.39 Å². The number of nitrogens with zero attached hydrogens (tertiary/aromatic N) is 1. The molecule has 18 heavy (non-hydrogen) atoms. The van der Waals surface area contributed by atoms with Gasteiger partial charge in [-0.1, -0.05) is 23.9 Å². The van der Waals surface area contributed by atoms with Crippen LogP contribution in [0.2, 0.25) is 0 Å². The second-order valence-electron chi connectivity index (χ2n) is 3.51. The molecule has 0 atom stereocenters. The highest BCUT2D eigenvalue weighted by molar-refractivity contribution is 7.99. The molecular weight excluding hydrogens is 249 g/mol. The third-order valence-electron chi connectivity index (χ3n) is 2.35. The minimum atomic E-state index is -0.398. The van der Waals surface area contributed by atoms with Crippen LogP contribution in [0.4, 0.5) is 4.39 Å². The van der Waals surface area contributed by atoms with Gasteiger partial charge in [0, 0.05) is 4.90 Å². The van der Waals surface area contributed by atoms with Crippen LogP contribution in [0.25, 0.3) is 0 Å². The quantitative estimate of drug-likeness (QED) is 0.839. The van der Waals surface area contributed by atoms with Crippen LogP contribution in [0.3, 0.4) is 0 Å². The molecule has 0 aliphatic heterocycles. The average molecular weight is 259 g/mol. The lowest BCUT2D eigenvalue weighted by atomic mass is 10.2. The molecule has 90 valence electrons. The first-order valence-electron chi connectivity index (χ1n) is 5.25. The molecule has 2 nitrogen and oxygen atoms in total. The zero-order chi connectivity index (χ0) is 13.0. The third-order valence-corrected chi connectivity index (χ3v) is 3.46. The van der Waals surface area contributed by atoms with Crippen LogP contribution >= 0.6 is 11.8 Å². The Balaban J connectivity index is 2.32. The molecule has 0 aliphatic carbocycles. The highest BCUT2D eigenvalue weighted by atomic mass is 32.2. The van der Waals surface area contributed by atoms with Crippen molar-refractivity contribution in [2.24, 2.45) is 0 Å². The van der Waals surface area contributed by atoms with E-state index in [0.29, 0.717) is 16.2 Å². The van der Waals surface area contributed by atoms with Gasteiger partial charge in [0.25, 0.3) is 0 Å². The third kappa shape index (κ3) is 2.63. The van der Waals surface area contributed by atoms with Crippen LogP contribution in [-0.4, -0.2) is 7.11 Å². The number of halogens is 1. The molecule has 0 amide bonds. The lowest BCUT2D eigenvalue weighted by molar-refractivity contribution is 0.405. The number of nitriles is 1. The Morgan fingerprint density at radius 3 is 2.61 bits per heavy atom. The number of hydrogen-bond donors (Lipinski definition) is 0. The molecule has 0 spiro atoms. The normalized spacial score (nSPS) is 9.83. The molecular formula is C14H10FNOS. The summed E-state index contributed by atoms with van der Waals surface area (Å²) in [7, 11) is 1.58. The van der Waals surface area contributed by atoms with Gasteiger partial charge in [0.05, 0.1) is 23.6 Å². The number of benzene rings is 2. The highest BCUT2D eigenvalue weighted by Gasteiger charge is 2.08. The second kappa shape index (κ2) is 5.56. The Hall–Kier alpha value is -1.99. The molecule has 0 fully saturated rings. The van der Waals surface area contributed by atoms with Gasteiger partial charge in [0.1, 0.15) is 11.6 Å². The van der Waals surface area contributed by atoms with Crippen molar-refractivity contribution < 1.29 is 9.13 Å². The average Bonchev–Trinajstić information content (AvgIpc) is 2.41. The number of hydrogen-bond acceptors (Lipinski definition) is 3. The van der Waals surface area contributed by atoms with Gasteiger partial charge in [-0.2, -0.15) is 5.26 Å². The van der Waals surface area contributed by atoms with E-state index in [1.807, 2.05) is 30.3 Å². The van der Waals surface area contributed by atoms with E-state index >= 15 is 0 Å². The number of para-hydroxylation sites is 1. The summed E-state index contributed by atoms with van der Waals surface area (Å²) in [5.41, 5.74) is 0.317. The fraction of sp³-hybridized carbons (Fsp3) is 0.0714. The smallest absolute Gasteiger partial charge is 0.138 e. The fourth-order valence-corrected chi connectivity index (χ4v) is 2.40. The van der Waals surface area contributed by atoms with E-state index in [1.165, 1.54) is 17.8 Å². The first kappa shape index (κ1) is 12.5. The Morgan fingerprint density at radius 2 is 1.94 bits per heavy atom. The topological polar surface area (TPSA) is 33.0 Å². The first-order chi connectivity index (χ1) is 8.74. The van der Waals surface area contributed by atoms with Crippen molar-refractivity contribution >= 4 is 11.8 Å². The van der Waals surface area contributed by atoms with Gasteiger partial charge in [0.2, 0.25) is 0 Å². The maximum absolute atomic E-state index is 13.7. The summed E-state index contributed by atoms with van der Waals surface area (Å²) >= 11 is 1.28. The summed E-state index contributed by atoms with van der Waals surface area (Å²) in [6.07, 6.45) is 0. The van der Waals surface area contributed by atoms with E-state index in [0.717, 1.165) is 4.90 Å². The van der Waals surface area contributed by atoms with E-state index in [1.54, 1.807) is 19.2 Å². The van der Waals surface area contributed by atoms with Crippen molar-refractivity contribution in [2.45, 2.75) is 9.79 Å². The highest BCUT2D eigenvalue weighted by Crippen LogP contribution is 2.35. The number of methoxy groups -OCH3 is 1. The van der Waals surface area contributed by atoms with Crippen molar-refractivity contribution in [2.75, 3.05) is 7.11 Å². The minimum absolute atomic E-state index is 0.317. The molecule has 0 saturated heterocycles. The monoisotopic (exact) mass is 259 g/mol. The molecule has 0 bridgehead atoms. The Bertz CT molecular complexity index is 607. The second-order valence-corrected chi connectivity index (χ2v) is 4.59. The van der Waals surface area contributed by atoms with Crippen molar-refractivity contribution in [1.82, 2.24) is 0 Å². The molecule has 0 unspecified atom stereocenters. The number of ether oxygens (including phenoxy) is 1. The molecule has 2 rings (SSSR count). The molecule has 2 aromatic carbocycles. The predicted molar refractivity (Wildman–Crippen MR) is 68.2 cm³/mol. The summed E-state index contributed by atoms with van der Waals surface area (Å²) in [6.45, 7) is 0. The van der Waals surface area contributed by atoms with Crippen LogP contribution in [0.1, 0.15) is 5.56 Å². The summed E-state index contributed by atoms with van der Waals surface area (Å²) in [6, 6.07) is 13.8. The van der Waals surface area contributed by atoms with Crippen molar-refractivity contribution in [3.05, 3.63) is 53.8 Å². The van der Waals surface area contributed by atoms with E-state index in [-0.39, 0.29) is 0 Å². The minimum Gasteiger partial charge on any atom is -0.496 e. The van der Waals surface area contributed by atoms with Crippen molar-refractivity contribution in [3.8, 4) is 11.8 Å². The molecule has 0 aliphatic rings. The van der Waals surface area contributed by atoms with Crippen LogP contribution in [0.15, 0.2) is 52.3 Å². The van der Waals surface area contributed by atoms with Crippen LogP contribution in [0.5, 0.6) is 5.75 Å². The summed E-state index contributed by atoms with van der Waals surface area (Å²) in [5, 5.41) is 8.68. The SMILES string of the molecule is COc1ccccc1Sc1ccc(C#N)cc1F. The maximum Gasteiger partial charge on any atom is 0.138 e. The maximum atomic E-state index is 13.7. The Morgan fingerprint density at radius 1 is 1.17 bits per heavy atom. The zero-order valence-corrected chi connectivity index (χ0v) is 10.5. The van der Waals surface area contributed by atoms with Gasteiger partial charge in [-0.05, 0) is 30.3 Å². The van der Waals surface area contributed by atoms with E-state index in [9.17, 15) is 4.39 Å². The van der Waals surface area contributed by atoms with Gasteiger partial charge >= 0.3 is 0 Å². The number of rotatable bonds is 3. The van der Waals surface area contributed by atoms with E-state index in [2.05, 4.69) is 0 Å². The lowest BCUT2D eigenvalue weighted by Gasteiger charge is -2.08. The molecule has 0 saturated carbocycles. The molecule has 0 radical (unpaired) electrons. The molecule has 4 heteroatoms. The van der Waals surface area contributed by atoms with Gasteiger partial charge < -0.3 is 4.74 Å². The van der Waals surface area contributed by atoms with E-state index < -0.39 is 5.82 Å². The molecule has 2 aromatic rings. The summed E-state index contributed by atoms with van der Waals surface area (Å²) in [5.74, 6) is 0.302. The fourth-order valence-electron chi connectivity index (χ4n) is 1.47. The molecule has 0 heterocycles. The largest absolute Gasteiger partial charge is 0.496 e. The van der Waals surface area contributed by atoms with Gasteiger partial charge in [-0.3, -0.25) is 0 Å². The van der Waals surface area contributed by atoms with Crippen LogP contribution in [-0.2, 0) is 0 Å². The lowest BCUT2D eigenvalue weighted by Crippen LogP contribution is -1.87. The van der Waals surface area contributed by atoms with Crippen LogP contribution in [0, 0.1) is 17.1 Å². The van der Waals surface area contributed by atoms with Crippen LogP contribution < -0.4 is 4.74 Å². The first-order valence-corrected chi connectivity index (χ1v) is 6.07. The summed E-state index contributed by atoms with van der Waals surface area (Å²) < 4.78 is 19.0. The Kier molecular flexibility index (Phi) is 3.85. The van der Waals surface area contributed by atoms with Gasteiger partial charge in [-0.15, -0.1) is 0 Å². The Labute approximate surface area is 109 Å². The van der Waals surface area contributed by atoms with E-state index in [4.69, 9.17) is 10.00 Å². The van der Waals surface area contributed by atoms with Gasteiger partial charge in [0.15, 0.2) is 0 Å².